The van der Waals surface area contributed by atoms with Crippen molar-refractivity contribution in [1.29, 1.82) is 0 Å². The van der Waals surface area contributed by atoms with Gasteiger partial charge in [0.05, 0.1) is 5.75 Å². The number of unbranched alkanes of at least 4 members (excludes halogenated alkanes) is 1. The maximum Gasteiger partial charge on any atom is 0.233 e. The van der Waals surface area contributed by atoms with Gasteiger partial charge in [0.25, 0.3) is 0 Å². The van der Waals surface area contributed by atoms with Crippen molar-refractivity contribution < 1.29 is 8.42 Å². The number of anilines is 1. The molecular formula is C15H26N2O2S. The van der Waals surface area contributed by atoms with Crippen LogP contribution < -0.4 is 10.0 Å². The smallest absolute Gasteiger partial charge is 0.233 e. The molecule has 2 N–H and O–H groups in total. The number of sulfonamides is 1. The zero-order chi connectivity index (χ0) is 14.8. The van der Waals surface area contributed by atoms with Crippen LogP contribution in [-0.2, 0) is 16.4 Å². The Hall–Kier alpha value is -1.07. The second-order valence-electron chi connectivity index (χ2n) is 4.97. The molecule has 1 rings (SSSR count). The molecule has 0 bridgehead atoms. The predicted octanol–water partition coefficient (Wildman–Crippen LogP) is 2.77. The fraction of sp³-hybridized carbons (Fsp3) is 0.600. The largest absolute Gasteiger partial charge is 0.316 e. The van der Waals surface area contributed by atoms with Gasteiger partial charge in [0.2, 0.25) is 10.0 Å². The van der Waals surface area contributed by atoms with Gasteiger partial charge in [-0.3, -0.25) is 4.72 Å². The van der Waals surface area contributed by atoms with Gasteiger partial charge in [-0.15, -0.1) is 0 Å². The summed E-state index contributed by atoms with van der Waals surface area (Å²) >= 11 is 0. The van der Waals surface area contributed by atoms with E-state index in [-0.39, 0.29) is 5.75 Å². The summed E-state index contributed by atoms with van der Waals surface area (Å²) in [5.41, 5.74) is 1.89. The summed E-state index contributed by atoms with van der Waals surface area (Å²) < 4.78 is 26.3. The van der Waals surface area contributed by atoms with Crippen molar-refractivity contribution in [2.24, 2.45) is 0 Å². The molecule has 0 amide bonds. The number of rotatable bonds is 10. The van der Waals surface area contributed by atoms with Crippen molar-refractivity contribution in [2.75, 3.05) is 23.6 Å². The van der Waals surface area contributed by atoms with Crippen molar-refractivity contribution in [1.82, 2.24) is 5.32 Å². The Bertz CT molecular complexity index is 469. The van der Waals surface area contributed by atoms with Crippen LogP contribution in [0.2, 0.25) is 0 Å². The number of hydrogen-bond acceptors (Lipinski definition) is 3. The van der Waals surface area contributed by atoms with Gasteiger partial charge in [0, 0.05) is 12.2 Å². The summed E-state index contributed by atoms with van der Waals surface area (Å²) in [7, 11) is -3.26. The van der Waals surface area contributed by atoms with Crippen LogP contribution in [0.15, 0.2) is 24.3 Å². The first-order valence-electron chi connectivity index (χ1n) is 7.37. The minimum Gasteiger partial charge on any atom is -0.316 e. The average Bonchev–Trinajstić information content (AvgIpc) is 2.42. The van der Waals surface area contributed by atoms with Gasteiger partial charge in [0.1, 0.15) is 0 Å². The Balaban J connectivity index is 2.46. The van der Waals surface area contributed by atoms with E-state index in [9.17, 15) is 8.42 Å². The van der Waals surface area contributed by atoms with Crippen molar-refractivity contribution in [2.45, 2.75) is 39.5 Å². The zero-order valence-corrected chi connectivity index (χ0v) is 13.3. The molecule has 0 saturated heterocycles. The number of nitrogens with one attached hydrogen (secondary N) is 2. The first-order valence-corrected chi connectivity index (χ1v) is 9.02. The Morgan fingerprint density at radius 1 is 1.00 bits per heavy atom. The Labute approximate surface area is 123 Å². The SMILES string of the molecule is CCCCc1ccc(NS(=O)(=O)CCNCCC)cc1. The third-order valence-electron chi connectivity index (χ3n) is 3.02. The van der Waals surface area contributed by atoms with E-state index in [2.05, 4.69) is 23.9 Å². The van der Waals surface area contributed by atoms with Gasteiger partial charge in [-0.25, -0.2) is 8.42 Å². The van der Waals surface area contributed by atoms with E-state index in [0.717, 1.165) is 25.8 Å². The van der Waals surface area contributed by atoms with Crippen molar-refractivity contribution in [3.05, 3.63) is 29.8 Å². The maximum absolute atomic E-state index is 11.9. The third-order valence-corrected chi connectivity index (χ3v) is 4.31. The minimum absolute atomic E-state index is 0.102. The summed E-state index contributed by atoms with van der Waals surface area (Å²) in [6.45, 7) is 5.55. The molecule has 0 unspecified atom stereocenters. The maximum atomic E-state index is 11.9. The van der Waals surface area contributed by atoms with Crippen LogP contribution in [0.4, 0.5) is 5.69 Å². The van der Waals surface area contributed by atoms with Crippen molar-refractivity contribution in [3.63, 3.8) is 0 Å². The minimum atomic E-state index is -3.26. The topological polar surface area (TPSA) is 58.2 Å². The highest BCUT2D eigenvalue weighted by Crippen LogP contribution is 2.13. The quantitative estimate of drug-likeness (QED) is 0.653. The monoisotopic (exact) mass is 298 g/mol. The first kappa shape index (κ1) is 17.0. The van der Waals surface area contributed by atoms with Crippen LogP contribution in [0.25, 0.3) is 0 Å². The Morgan fingerprint density at radius 2 is 1.70 bits per heavy atom. The molecule has 114 valence electrons. The highest BCUT2D eigenvalue weighted by atomic mass is 32.2. The number of benzene rings is 1. The van der Waals surface area contributed by atoms with E-state index in [0.29, 0.717) is 12.2 Å². The second kappa shape index (κ2) is 8.97. The Morgan fingerprint density at radius 3 is 2.30 bits per heavy atom. The molecule has 4 nitrogen and oxygen atoms in total. The van der Waals surface area contributed by atoms with Gasteiger partial charge < -0.3 is 5.32 Å². The van der Waals surface area contributed by atoms with E-state index in [1.165, 1.54) is 12.0 Å². The van der Waals surface area contributed by atoms with Crippen LogP contribution in [0, 0.1) is 0 Å². The molecule has 1 aromatic rings. The number of hydrogen-bond donors (Lipinski definition) is 2. The van der Waals surface area contributed by atoms with Gasteiger partial charge in [-0.2, -0.15) is 0 Å². The van der Waals surface area contributed by atoms with Gasteiger partial charge in [0.15, 0.2) is 0 Å². The molecular weight excluding hydrogens is 272 g/mol. The lowest BCUT2D eigenvalue weighted by Gasteiger charge is -2.09. The van der Waals surface area contributed by atoms with Crippen LogP contribution in [-0.4, -0.2) is 27.3 Å². The fourth-order valence-corrected chi connectivity index (χ4v) is 2.87. The summed E-state index contributed by atoms with van der Waals surface area (Å²) in [6, 6.07) is 7.65. The molecule has 0 aliphatic rings. The summed E-state index contributed by atoms with van der Waals surface area (Å²) in [5, 5.41) is 3.09. The van der Waals surface area contributed by atoms with Crippen LogP contribution in [0.5, 0.6) is 0 Å². The lowest BCUT2D eigenvalue weighted by Crippen LogP contribution is -2.27. The molecule has 0 radical (unpaired) electrons. The molecule has 0 heterocycles. The summed E-state index contributed by atoms with van der Waals surface area (Å²) in [4.78, 5) is 0. The average molecular weight is 298 g/mol. The summed E-state index contributed by atoms with van der Waals surface area (Å²) in [6.07, 6.45) is 4.38. The van der Waals surface area contributed by atoms with Crippen LogP contribution in [0.1, 0.15) is 38.7 Å². The third kappa shape index (κ3) is 6.91. The van der Waals surface area contributed by atoms with Gasteiger partial charge in [-0.05, 0) is 43.5 Å². The molecule has 0 aliphatic heterocycles. The second-order valence-corrected chi connectivity index (χ2v) is 6.81. The molecule has 0 spiro atoms. The Kier molecular flexibility index (Phi) is 7.62. The van der Waals surface area contributed by atoms with E-state index >= 15 is 0 Å². The predicted molar refractivity (Wildman–Crippen MR) is 85.6 cm³/mol. The van der Waals surface area contributed by atoms with E-state index < -0.39 is 10.0 Å². The molecule has 0 saturated carbocycles. The van der Waals surface area contributed by atoms with Crippen molar-refractivity contribution >= 4 is 15.7 Å². The summed E-state index contributed by atoms with van der Waals surface area (Å²) in [5.74, 6) is 0.102. The van der Waals surface area contributed by atoms with E-state index in [1.807, 2.05) is 24.3 Å². The van der Waals surface area contributed by atoms with Gasteiger partial charge in [-0.1, -0.05) is 32.4 Å². The molecule has 1 aromatic carbocycles. The highest BCUT2D eigenvalue weighted by Gasteiger charge is 2.09. The first-order chi connectivity index (χ1) is 9.57. The fourth-order valence-electron chi connectivity index (χ4n) is 1.86. The van der Waals surface area contributed by atoms with Crippen LogP contribution in [0.3, 0.4) is 0 Å². The molecule has 0 aliphatic carbocycles. The van der Waals surface area contributed by atoms with E-state index in [4.69, 9.17) is 0 Å². The standard InChI is InChI=1S/C15H26N2O2S/c1-3-5-6-14-7-9-15(10-8-14)17-20(18,19)13-12-16-11-4-2/h7-10,16-17H,3-6,11-13H2,1-2H3. The van der Waals surface area contributed by atoms with Crippen LogP contribution >= 0.6 is 0 Å². The zero-order valence-electron chi connectivity index (χ0n) is 12.5. The molecule has 0 atom stereocenters. The normalized spacial score (nSPS) is 11.5. The molecule has 0 fully saturated rings. The molecule has 0 aromatic heterocycles. The lowest BCUT2D eigenvalue weighted by atomic mass is 10.1. The molecule has 20 heavy (non-hydrogen) atoms. The van der Waals surface area contributed by atoms with E-state index in [1.54, 1.807) is 0 Å². The highest BCUT2D eigenvalue weighted by molar-refractivity contribution is 7.92. The van der Waals surface area contributed by atoms with Crippen molar-refractivity contribution in [3.8, 4) is 0 Å². The van der Waals surface area contributed by atoms with Gasteiger partial charge >= 0.3 is 0 Å². The number of aryl methyl sites for hydroxylation is 1. The lowest BCUT2D eigenvalue weighted by molar-refractivity contribution is 0.595. The molecule has 5 heteroatoms.